The molecule has 1 aromatic heterocycles. The van der Waals surface area contributed by atoms with Crippen molar-refractivity contribution in [2.75, 3.05) is 13.1 Å². The Labute approximate surface area is 152 Å². The molecule has 26 heavy (non-hydrogen) atoms. The van der Waals surface area contributed by atoms with Gasteiger partial charge in [0.05, 0.1) is 19.3 Å². The second-order valence-electron chi connectivity index (χ2n) is 6.38. The van der Waals surface area contributed by atoms with Gasteiger partial charge in [-0.3, -0.25) is 4.79 Å². The summed E-state index contributed by atoms with van der Waals surface area (Å²) in [5.41, 5.74) is 1.50. The van der Waals surface area contributed by atoms with Crippen molar-refractivity contribution >= 4 is 5.91 Å². The van der Waals surface area contributed by atoms with Crippen LogP contribution in [0.15, 0.2) is 66.9 Å². The van der Waals surface area contributed by atoms with Crippen LogP contribution in [0.3, 0.4) is 0 Å². The van der Waals surface area contributed by atoms with Crippen molar-refractivity contribution in [1.29, 1.82) is 0 Å². The van der Waals surface area contributed by atoms with E-state index in [2.05, 4.69) is 10.3 Å². The van der Waals surface area contributed by atoms with E-state index in [1.807, 2.05) is 60.7 Å². The van der Waals surface area contributed by atoms with Crippen LogP contribution in [-0.2, 0) is 6.54 Å². The molecule has 0 spiro atoms. The third kappa shape index (κ3) is 3.74. The molecule has 0 aliphatic carbocycles. The van der Waals surface area contributed by atoms with Gasteiger partial charge in [-0.05, 0) is 17.7 Å². The van der Waals surface area contributed by atoms with E-state index in [4.69, 9.17) is 4.74 Å². The summed E-state index contributed by atoms with van der Waals surface area (Å²) in [6.07, 6.45) is 2.54. The largest absolute Gasteiger partial charge is 0.489 e. The molecule has 0 saturated carbocycles. The number of hydrogen-bond acceptors (Lipinski definition) is 4. The fraction of sp³-hybridized carbons (Fsp3) is 0.250. The van der Waals surface area contributed by atoms with Gasteiger partial charge in [-0.2, -0.15) is 0 Å². The molecule has 0 radical (unpaired) electrons. The first-order valence-corrected chi connectivity index (χ1v) is 8.73. The van der Waals surface area contributed by atoms with E-state index >= 15 is 0 Å². The minimum atomic E-state index is -0.0940. The maximum atomic E-state index is 12.7. The predicted molar refractivity (Wildman–Crippen MR) is 96.9 cm³/mol. The summed E-state index contributed by atoms with van der Waals surface area (Å²) in [4.78, 5) is 14.4. The number of hydrogen-bond donors (Lipinski definition) is 0. The smallest absolute Gasteiger partial charge is 0.276 e. The molecule has 0 bridgehead atoms. The topological polar surface area (TPSA) is 60.2 Å². The summed E-state index contributed by atoms with van der Waals surface area (Å²) < 4.78 is 7.63. The van der Waals surface area contributed by atoms with Crippen LogP contribution < -0.4 is 4.74 Å². The number of nitrogens with zero attached hydrogens (tertiary/aromatic N) is 4. The molecule has 6 nitrogen and oxygen atoms in total. The zero-order valence-corrected chi connectivity index (χ0v) is 14.4. The molecule has 1 amide bonds. The van der Waals surface area contributed by atoms with Gasteiger partial charge in [0.2, 0.25) is 0 Å². The third-order valence-corrected chi connectivity index (χ3v) is 4.42. The molecule has 2 aromatic carbocycles. The number of likely N-dealkylation sites (tertiary alicyclic amines) is 1. The molecule has 0 N–H and O–H groups in total. The van der Waals surface area contributed by atoms with E-state index in [1.54, 1.807) is 15.8 Å². The van der Waals surface area contributed by atoms with Gasteiger partial charge in [0.1, 0.15) is 11.9 Å². The van der Waals surface area contributed by atoms with Crippen LogP contribution in [0.2, 0.25) is 0 Å². The standard InChI is InChI=1S/C20H20N4O2/c25-20(19-15-24(22-21-19)13-16-7-3-1-4-8-16)23-12-11-18(14-23)26-17-9-5-2-6-10-17/h1-10,15,18H,11-14H2/t18-/m0/s1. The summed E-state index contributed by atoms with van der Waals surface area (Å²) in [6, 6.07) is 19.7. The quantitative estimate of drug-likeness (QED) is 0.711. The SMILES string of the molecule is O=C(c1cn(Cc2ccccc2)nn1)N1CC[C@H](Oc2ccccc2)C1. The number of ether oxygens (including phenoxy) is 1. The van der Waals surface area contributed by atoms with Gasteiger partial charge in [0.25, 0.3) is 5.91 Å². The lowest BCUT2D eigenvalue weighted by Crippen LogP contribution is -2.31. The molecule has 6 heteroatoms. The van der Waals surface area contributed by atoms with Crippen LogP contribution in [0, 0.1) is 0 Å². The highest BCUT2D eigenvalue weighted by atomic mass is 16.5. The first kappa shape index (κ1) is 16.3. The number of carbonyl (C=O) groups is 1. The lowest BCUT2D eigenvalue weighted by Gasteiger charge is -2.16. The van der Waals surface area contributed by atoms with Crippen LogP contribution in [0.25, 0.3) is 0 Å². The van der Waals surface area contributed by atoms with Crippen LogP contribution in [0.4, 0.5) is 0 Å². The Kier molecular flexibility index (Phi) is 4.64. The number of amides is 1. The summed E-state index contributed by atoms with van der Waals surface area (Å²) >= 11 is 0. The lowest BCUT2D eigenvalue weighted by atomic mass is 10.2. The maximum absolute atomic E-state index is 12.7. The van der Waals surface area contributed by atoms with Crippen molar-refractivity contribution in [1.82, 2.24) is 19.9 Å². The highest BCUT2D eigenvalue weighted by Crippen LogP contribution is 2.19. The Hall–Kier alpha value is -3.15. The molecule has 1 atom stereocenters. The number of para-hydroxylation sites is 1. The van der Waals surface area contributed by atoms with E-state index in [9.17, 15) is 4.79 Å². The maximum Gasteiger partial charge on any atom is 0.276 e. The molecule has 0 unspecified atom stereocenters. The van der Waals surface area contributed by atoms with Crippen LogP contribution in [0.5, 0.6) is 5.75 Å². The predicted octanol–water partition coefficient (Wildman–Crippen LogP) is 2.62. The Morgan fingerprint density at radius 2 is 1.81 bits per heavy atom. The van der Waals surface area contributed by atoms with Crippen LogP contribution in [0.1, 0.15) is 22.5 Å². The summed E-state index contributed by atoms with van der Waals surface area (Å²) in [5, 5.41) is 8.13. The Bertz CT molecular complexity index is 864. The van der Waals surface area contributed by atoms with Gasteiger partial charge in [-0.15, -0.1) is 5.10 Å². The second-order valence-corrected chi connectivity index (χ2v) is 6.38. The Morgan fingerprint density at radius 1 is 1.08 bits per heavy atom. The fourth-order valence-electron chi connectivity index (χ4n) is 3.11. The van der Waals surface area contributed by atoms with Crippen molar-refractivity contribution in [3.63, 3.8) is 0 Å². The number of benzene rings is 2. The summed E-state index contributed by atoms with van der Waals surface area (Å²) in [6.45, 7) is 1.84. The van der Waals surface area contributed by atoms with Crippen molar-refractivity contribution < 1.29 is 9.53 Å². The van der Waals surface area contributed by atoms with E-state index in [1.165, 1.54) is 0 Å². The number of aromatic nitrogens is 3. The number of carbonyl (C=O) groups excluding carboxylic acids is 1. The van der Waals surface area contributed by atoms with Gasteiger partial charge < -0.3 is 9.64 Å². The van der Waals surface area contributed by atoms with Gasteiger partial charge in [0.15, 0.2) is 5.69 Å². The zero-order valence-electron chi connectivity index (χ0n) is 14.4. The first-order valence-electron chi connectivity index (χ1n) is 8.73. The van der Waals surface area contributed by atoms with Gasteiger partial charge >= 0.3 is 0 Å². The molecule has 4 rings (SSSR count). The summed E-state index contributed by atoms with van der Waals surface area (Å²) in [7, 11) is 0. The molecule has 1 aliphatic heterocycles. The minimum absolute atomic E-state index is 0.0145. The van der Waals surface area contributed by atoms with Gasteiger partial charge in [-0.25, -0.2) is 4.68 Å². The fourth-order valence-corrected chi connectivity index (χ4v) is 3.11. The molecular formula is C20H20N4O2. The van der Waals surface area contributed by atoms with E-state index < -0.39 is 0 Å². The van der Waals surface area contributed by atoms with Crippen LogP contribution >= 0.6 is 0 Å². The Morgan fingerprint density at radius 3 is 2.58 bits per heavy atom. The molecule has 2 heterocycles. The zero-order chi connectivity index (χ0) is 17.8. The molecular weight excluding hydrogens is 328 g/mol. The lowest BCUT2D eigenvalue weighted by molar-refractivity contribution is 0.0766. The first-order chi connectivity index (χ1) is 12.8. The van der Waals surface area contributed by atoms with Gasteiger partial charge in [-0.1, -0.05) is 53.7 Å². The molecule has 1 saturated heterocycles. The normalized spacial score (nSPS) is 16.6. The van der Waals surface area contributed by atoms with Crippen molar-refractivity contribution in [2.24, 2.45) is 0 Å². The summed E-state index contributed by atoms with van der Waals surface area (Å²) in [5.74, 6) is 0.740. The van der Waals surface area contributed by atoms with Gasteiger partial charge in [0, 0.05) is 13.0 Å². The average Bonchev–Trinajstić information content (AvgIpc) is 3.33. The van der Waals surface area contributed by atoms with E-state index in [-0.39, 0.29) is 12.0 Å². The van der Waals surface area contributed by atoms with Crippen molar-refractivity contribution in [2.45, 2.75) is 19.1 Å². The Balaban J connectivity index is 1.36. The molecule has 1 aliphatic rings. The molecule has 1 fully saturated rings. The monoisotopic (exact) mass is 348 g/mol. The van der Waals surface area contributed by atoms with Crippen molar-refractivity contribution in [3.05, 3.63) is 78.1 Å². The van der Waals surface area contributed by atoms with E-state index in [0.29, 0.717) is 25.3 Å². The molecule has 3 aromatic rings. The highest BCUT2D eigenvalue weighted by molar-refractivity contribution is 5.92. The third-order valence-electron chi connectivity index (χ3n) is 4.42. The number of rotatable bonds is 5. The molecule has 132 valence electrons. The second kappa shape index (κ2) is 7.39. The van der Waals surface area contributed by atoms with Crippen LogP contribution in [-0.4, -0.2) is 45.0 Å². The minimum Gasteiger partial charge on any atom is -0.489 e. The average molecular weight is 348 g/mol. The highest BCUT2D eigenvalue weighted by Gasteiger charge is 2.29. The van der Waals surface area contributed by atoms with Crippen molar-refractivity contribution in [3.8, 4) is 5.75 Å². The van der Waals surface area contributed by atoms with E-state index in [0.717, 1.165) is 17.7 Å².